The summed E-state index contributed by atoms with van der Waals surface area (Å²) in [6.45, 7) is 0.847. The van der Waals surface area contributed by atoms with Crippen LogP contribution >= 0.6 is 0 Å². The lowest BCUT2D eigenvalue weighted by Gasteiger charge is -2.25. The van der Waals surface area contributed by atoms with Gasteiger partial charge in [0.05, 0.1) is 44.9 Å². The van der Waals surface area contributed by atoms with E-state index in [1.54, 1.807) is 47.9 Å². The molecule has 4 aromatic rings. The first kappa shape index (κ1) is 20.6. The van der Waals surface area contributed by atoms with E-state index < -0.39 is 5.82 Å². The van der Waals surface area contributed by atoms with Gasteiger partial charge in [-0.05, 0) is 12.1 Å². The van der Waals surface area contributed by atoms with E-state index in [4.69, 9.17) is 14.5 Å². The van der Waals surface area contributed by atoms with Crippen molar-refractivity contribution in [1.29, 1.82) is 0 Å². The lowest BCUT2D eigenvalue weighted by molar-refractivity contribution is 0.374. The minimum atomic E-state index is -0.543. The maximum absolute atomic E-state index is 15.4. The Morgan fingerprint density at radius 2 is 2.03 bits per heavy atom. The predicted octanol–water partition coefficient (Wildman–Crippen LogP) is 3.71. The number of H-pyrrole nitrogens is 1. The normalized spacial score (nSPS) is 12.8. The molecule has 0 unspecified atom stereocenters. The summed E-state index contributed by atoms with van der Waals surface area (Å²) < 4.78 is 26.0. The number of benzene rings is 1. The van der Waals surface area contributed by atoms with Gasteiger partial charge in [0.15, 0.2) is 17.2 Å². The van der Waals surface area contributed by atoms with Crippen LogP contribution in [0.3, 0.4) is 0 Å². The van der Waals surface area contributed by atoms with E-state index in [0.717, 1.165) is 5.57 Å². The number of hydrogen-bond donors (Lipinski definition) is 1. The number of hydrogen-bond acceptors (Lipinski definition) is 8. The van der Waals surface area contributed by atoms with Crippen LogP contribution in [0, 0.1) is 5.82 Å². The van der Waals surface area contributed by atoms with Gasteiger partial charge < -0.3 is 19.4 Å². The van der Waals surface area contributed by atoms with Gasteiger partial charge in [0.25, 0.3) is 0 Å². The van der Waals surface area contributed by atoms with Gasteiger partial charge in [-0.2, -0.15) is 0 Å². The summed E-state index contributed by atoms with van der Waals surface area (Å²) in [6.07, 6.45) is 8.78. The van der Waals surface area contributed by atoms with Crippen molar-refractivity contribution in [3.8, 4) is 11.5 Å². The van der Waals surface area contributed by atoms with Crippen molar-refractivity contribution in [2.75, 3.05) is 25.7 Å². The van der Waals surface area contributed by atoms with E-state index in [9.17, 15) is 0 Å². The number of halogens is 1. The number of nitrogens with zero attached hydrogens (tertiary/aromatic N) is 6. The summed E-state index contributed by atoms with van der Waals surface area (Å²) in [4.78, 5) is 27.1. The molecular weight excluding hydrogens is 425 g/mol. The molecule has 3 aromatic heterocycles. The Kier molecular flexibility index (Phi) is 5.39. The van der Waals surface area contributed by atoms with E-state index in [-0.39, 0.29) is 18.0 Å². The lowest BCUT2D eigenvalue weighted by Crippen LogP contribution is -2.20. The molecule has 166 valence electrons. The fraction of sp³-hybridized carbons (Fsp3) is 0.174. The van der Waals surface area contributed by atoms with Gasteiger partial charge in [0.2, 0.25) is 0 Å². The molecule has 0 amide bonds. The van der Waals surface area contributed by atoms with Crippen molar-refractivity contribution >= 4 is 34.5 Å². The number of fused-ring (bicyclic) bond motifs is 1. The largest absolute Gasteiger partial charge is 0.497 e. The number of imidazole rings is 1. The second-order valence-electron chi connectivity index (χ2n) is 7.21. The summed E-state index contributed by atoms with van der Waals surface area (Å²) in [5, 5.41) is 0. The first-order valence-electron chi connectivity index (χ1n) is 10.2. The highest BCUT2D eigenvalue weighted by Gasteiger charge is 2.22. The molecule has 0 aliphatic carbocycles. The highest BCUT2D eigenvalue weighted by Crippen LogP contribution is 2.37. The van der Waals surface area contributed by atoms with Gasteiger partial charge in [-0.1, -0.05) is 6.08 Å². The summed E-state index contributed by atoms with van der Waals surface area (Å²) in [5.41, 5.74) is 2.86. The topological polar surface area (TPSA) is 101 Å². The Bertz CT molecular complexity index is 1370. The Morgan fingerprint density at radius 1 is 1.12 bits per heavy atom. The zero-order chi connectivity index (χ0) is 22.8. The van der Waals surface area contributed by atoms with Crippen LogP contribution in [0.15, 0.2) is 53.9 Å². The van der Waals surface area contributed by atoms with E-state index in [1.165, 1.54) is 20.3 Å². The fourth-order valence-electron chi connectivity index (χ4n) is 3.55. The van der Waals surface area contributed by atoms with Crippen LogP contribution in [0.5, 0.6) is 11.5 Å². The third-order valence-electron chi connectivity index (χ3n) is 5.21. The number of aliphatic imine (C=N–C) groups is 1. The van der Waals surface area contributed by atoms with Crippen LogP contribution in [0.2, 0.25) is 0 Å². The molecule has 5 rings (SSSR count). The average Bonchev–Trinajstić information content (AvgIpc) is 3.57. The van der Waals surface area contributed by atoms with E-state index in [1.807, 2.05) is 6.08 Å². The van der Waals surface area contributed by atoms with Crippen LogP contribution in [0.1, 0.15) is 11.5 Å². The highest BCUT2D eigenvalue weighted by atomic mass is 19.1. The molecule has 33 heavy (non-hydrogen) atoms. The average molecular weight is 445 g/mol. The zero-order valence-corrected chi connectivity index (χ0v) is 18.0. The fourth-order valence-corrected chi connectivity index (χ4v) is 3.55. The number of methoxy groups -OCH3 is 2. The molecule has 1 aromatic carbocycles. The molecule has 0 fully saturated rings. The monoisotopic (exact) mass is 445 g/mol. The molecule has 1 N–H and O–H groups in total. The van der Waals surface area contributed by atoms with Crippen LogP contribution in [0.25, 0.3) is 16.7 Å². The van der Waals surface area contributed by atoms with Gasteiger partial charge in [0.1, 0.15) is 22.9 Å². The van der Waals surface area contributed by atoms with Crippen molar-refractivity contribution in [3.05, 3.63) is 66.3 Å². The van der Waals surface area contributed by atoms with Gasteiger partial charge >= 0.3 is 0 Å². The third-order valence-corrected chi connectivity index (χ3v) is 5.21. The second kappa shape index (κ2) is 8.65. The highest BCUT2D eigenvalue weighted by molar-refractivity contribution is 6.10. The summed E-state index contributed by atoms with van der Waals surface area (Å²) in [7, 11) is 2.92. The van der Waals surface area contributed by atoms with Crippen LogP contribution in [-0.2, 0) is 6.54 Å². The van der Waals surface area contributed by atoms with Crippen molar-refractivity contribution in [2.24, 2.45) is 4.99 Å². The second-order valence-corrected chi connectivity index (χ2v) is 7.21. The van der Waals surface area contributed by atoms with Crippen LogP contribution in [0.4, 0.5) is 15.9 Å². The Balaban J connectivity index is 1.64. The number of ether oxygens (including phenoxy) is 2. The quantitative estimate of drug-likeness (QED) is 0.463. The lowest BCUT2D eigenvalue weighted by atomic mass is 10.2. The number of allylic oxidation sites excluding steroid dienone is 1. The number of pyridine rings is 1. The van der Waals surface area contributed by atoms with Gasteiger partial charge in [-0.3, -0.25) is 9.98 Å². The number of nitrogens with one attached hydrogen (secondary N) is 1. The Hall–Kier alpha value is -4.34. The molecular formula is C23H20FN7O2. The molecule has 1 aliphatic heterocycles. The molecule has 0 atom stereocenters. The standard InChI is InChI=1S/C23H20FN7O2/c1-32-15-9-18(22(24)19(10-15)33-2)31(13-20-26-7-8-27-20)21-4-3-16-23(30-21)29-17(12-28-16)14-5-6-25-11-14/h3-5,7-12H,6,13H2,1-2H3,(H,26,27). The van der Waals surface area contributed by atoms with Gasteiger partial charge in [-0.25, -0.2) is 19.3 Å². The van der Waals surface area contributed by atoms with Crippen LogP contribution in [-0.4, -0.2) is 51.9 Å². The molecule has 0 saturated heterocycles. The minimum Gasteiger partial charge on any atom is -0.497 e. The first-order valence-corrected chi connectivity index (χ1v) is 10.2. The van der Waals surface area contributed by atoms with Crippen molar-refractivity contribution in [3.63, 3.8) is 0 Å². The first-order chi connectivity index (χ1) is 16.2. The van der Waals surface area contributed by atoms with E-state index in [0.29, 0.717) is 40.8 Å². The van der Waals surface area contributed by atoms with Crippen LogP contribution < -0.4 is 14.4 Å². The summed E-state index contributed by atoms with van der Waals surface area (Å²) in [6, 6.07) is 6.65. The molecule has 0 bridgehead atoms. The Labute approximate surface area is 188 Å². The molecule has 10 heteroatoms. The molecule has 9 nitrogen and oxygen atoms in total. The molecule has 0 radical (unpaired) electrons. The van der Waals surface area contributed by atoms with E-state index in [2.05, 4.69) is 24.9 Å². The molecule has 0 saturated carbocycles. The zero-order valence-electron chi connectivity index (χ0n) is 18.0. The summed E-state index contributed by atoms with van der Waals surface area (Å²) >= 11 is 0. The number of aromatic amines is 1. The Morgan fingerprint density at radius 3 is 2.76 bits per heavy atom. The SMILES string of the molecule is COc1cc(OC)c(F)c(N(Cc2ncc[nH]2)c2ccc3ncc(C4=CCN=C4)nc3n2)c1. The summed E-state index contributed by atoms with van der Waals surface area (Å²) in [5.74, 6) is 1.06. The minimum absolute atomic E-state index is 0.0594. The van der Waals surface area contributed by atoms with Gasteiger partial charge in [0, 0.05) is 36.3 Å². The number of anilines is 2. The third kappa shape index (κ3) is 3.98. The van der Waals surface area contributed by atoms with Crippen molar-refractivity contribution in [2.45, 2.75) is 6.54 Å². The van der Waals surface area contributed by atoms with Gasteiger partial charge in [-0.15, -0.1) is 0 Å². The number of rotatable bonds is 7. The number of aromatic nitrogens is 5. The molecule has 1 aliphatic rings. The van der Waals surface area contributed by atoms with Crippen molar-refractivity contribution < 1.29 is 13.9 Å². The predicted molar refractivity (Wildman–Crippen MR) is 123 cm³/mol. The smallest absolute Gasteiger partial charge is 0.188 e. The van der Waals surface area contributed by atoms with Crippen molar-refractivity contribution in [1.82, 2.24) is 24.9 Å². The van der Waals surface area contributed by atoms with E-state index >= 15 is 4.39 Å². The maximum atomic E-state index is 15.4. The molecule has 0 spiro atoms. The maximum Gasteiger partial charge on any atom is 0.188 e. The molecule has 4 heterocycles.